The summed E-state index contributed by atoms with van der Waals surface area (Å²) < 4.78 is 0. The van der Waals surface area contributed by atoms with Gasteiger partial charge < -0.3 is 9.80 Å². The normalized spacial score (nSPS) is 16.8. The molecule has 0 radical (unpaired) electrons. The molecule has 4 rings (SSSR count). The Morgan fingerprint density at radius 1 is 0.935 bits per heavy atom. The molecule has 160 valence electrons. The zero-order valence-electron chi connectivity index (χ0n) is 17.6. The van der Waals surface area contributed by atoms with E-state index in [1.165, 1.54) is 17.0 Å². The van der Waals surface area contributed by atoms with Crippen molar-refractivity contribution in [3.63, 3.8) is 0 Å². The molecule has 0 spiro atoms. The number of likely N-dealkylation sites (tertiary alicyclic amines) is 1. The van der Waals surface area contributed by atoms with Crippen LogP contribution < -0.4 is 9.80 Å². The van der Waals surface area contributed by atoms with E-state index < -0.39 is 10.8 Å². The lowest BCUT2D eigenvalue weighted by atomic mass is 10.0. The SMILES string of the molecule is CN(C)c1cccc(N2C(=O)C(c3ccc([N+](=O)[O-])cc3)=C(N3CCCCC3)C2=O)c1. The molecule has 0 saturated carbocycles. The standard InChI is InChI=1S/C23H24N4O4/c1-24(2)18-7-6-8-19(15-18)26-22(28)20(16-9-11-17(12-10-16)27(30)31)21(23(26)29)25-13-4-3-5-14-25/h6-12,15H,3-5,13-14H2,1-2H3. The summed E-state index contributed by atoms with van der Waals surface area (Å²) in [6.45, 7) is 1.41. The van der Waals surface area contributed by atoms with Crippen LogP contribution in [0.5, 0.6) is 0 Å². The van der Waals surface area contributed by atoms with Gasteiger partial charge in [-0.15, -0.1) is 0 Å². The Morgan fingerprint density at radius 3 is 2.23 bits per heavy atom. The number of imide groups is 1. The van der Waals surface area contributed by atoms with Gasteiger partial charge in [-0.3, -0.25) is 19.7 Å². The number of piperidine rings is 1. The van der Waals surface area contributed by atoms with Crippen LogP contribution in [0.3, 0.4) is 0 Å². The summed E-state index contributed by atoms with van der Waals surface area (Å²) in [5.74, 6) is -0.758. The monoisotopic (exact) mass is 420 g/mol. The Hall–Kier alpha value is -3.68. The molecule has 0 unspecified atom stereocenters. The first-order chi connectivity index (χ1) is 14.9. The maximum atomic E-state index is 13.5. The molecule has 1 fully saturated rings. The van der Waals surface area contributed by atoms with E-state index in [4.69, 9.17) is 0 Å². The molecule has 2 aliphatic rings. The molecule has 8 heteroatoms. The van der Waals surface area contributed by atoms with E-state index in [9.17, 15) is 19.7 Å². The van der Waals surface area contributed by atoms with E-state index in [2.05, 4.69) is 0 Å². The fourth-order valence-corrected chi connectivity index (χ4v) is 4.08. The average Bonchev–Trinajstić information content (AvgIpc) is 3.04. The molecular formula is C23H24N4O4. The number of non-ortho nitro benzene ring substituents is 1. The van der Waals surface area contributed by atoms with Crippen molar-refractivity contribution in [1.29, 1.82) is 0 Å². The number of nitrogens with zero attached hydrogens (tertiary/aromatic N) is 4. The molecule has 1 saturated heterocycles. The van der Waals surface area contributed by atoms with Gasteiger partial charge in [-0.2, -0.15) is 0 Å². The third kappa shape index (κ3) is 3.76. The maximum absolute atomic E-state index is 13.5. The Kier molecular flexibility index (Phi) is 5.46. The van der Waals surface area contributed by atoms with Crippen LogP contribution in [-0.2, 0) is 9.59 Å². The van der Waals surface area contributed by atoms with E-state index in [1.807, 2.05) is 42.1 Å². The van der Waals surface area contributed by atoms with E-state index >= 15 is 0 Å². The van der Waals surface area contributed by atoms with E-state index in [0.717, 1.165) is 24.9 Å². The molecule has 0 aromatic heterocycles. The number of rotatable bonds is 5. The fourth-order valence-electron chi connectivity index (χ4n) is 4.08. The Morgan fingerprint density at radius 2 is 1.61 bits per heavy atom. The smallest absolute Gasteiger partial charge is 0.282 e. The summed E-state index contributed by atoms with van der Waals surface area (Å²) in [5.41, 5.74) is 2.52. The van der Waals surface area contributed by atoms with Gasteiger partial charge in [0.25, 0.3) is 17.5 Å². The topological polar surface area (TPSA) is 87.0 Å². The van der Waals surface area contributed by atoms with Crippen molar-refractivity contribution in [3.05, 3.63) is 69.9 Å². The van der Waals surface area contributed by atoms with Crippen molar-refractivity contribution in [2.24, 2.45) is 0 Å². The number of nitro benzene ring substituents is 1. The first kappa shape index (κ1) is 20.6. The van der Waals surface area contributed by atoms with Crippen LogP contribution in [0.15, 0.2) is 54.2 Å². The number of nitro groups is 1. The second kappa shape index (κ2) is 8.22. The minimum absolute atomic E-state index is 0.0591. The van der Waals surface area contributed by atoms with Gasteiger partial charge in [0.2, 0.25) is 0 Å². The van der Waals surface area contributed by atoms with Crippen LogP contribution in [0.4, 0.5) is 17.1 Å². The van der Waals surface area contributed by atoms with Crippen LogP contribution in [0.25, 0.3) is 5.57 Å². The summed E-state index contributed by atoms with van der Waals surface area (Å²) in [6.07, 6.45) is 3.00. The van der Waals surface area contributed by atoms with Gasteiger partial charge in [-0.1, -0.05) is 6.07 Å². The third-order valence-corrected chi connectivity index (χ3v) is 5.70. The lowest BCUT2D eigenvalue weighted by Crippen LogP contribution is -2.37. The maximum Gasteiger partial charge on any atom is 0.282 e. The van der Waals surface area contributed by atoms with Crippen molar-refractivity contribution in [3.8, 4) is 0 Å². The first-order valence-electron chi connectivity index (χ1n) is 10.3. The molecule has 2 amide bonds. The number of carbonyl (C=O) groups excluding carboxylic acids is 2. The van der Waals surface area contributed by atoms with Crippen molar-refractivity contribution in [2.45, 2.75) is 19.3 Å². The summed E-state index contributed by atoms with van der Waals surface area (Å²) in [6, 6.07) is 13.1. The molecular weight excluding hydrogens is 396 g/mol. The third-order valence-electron chi connectivity index (χ3n) is 5.70. The quantitative estimate of drug-likeness (QED) is 0.418. The Balaban J connectivity index is 1.80. The molecule has 2 heterocycles. The van der Waals surface area contributed by atoms with Crippen LogP contribution in [-0.4, -0.2) is 48.8 Å². The zero-order valence-corrected chi connectivity index (χ0v) is 17.6. The van der Waals surface area contributed by atoms with Crippen molar-refractivity contribution < 1.29 is 14.5 Å². The van der Waals surface area contributed by atoms with Crippen LogP contribution in [0.2, 0.25) is 0 Å². The molecule has 2 aromatic carbocycles. The minimum Gasteiger partial charge on any atom is -0.378 e. The van der Waals surface area contributed by atoms with Gasteiger partial charge in [0.05, 0.1) is 16.2 Å². The van der Waals surface area contributed by atoms with Gasteiger partial charge >= 0.3 is 0 Å². The lowest BCUT2D eigenvalue weighted by molar-refractivity contribution is -0.384. The van der Waals surface area contributed by atoms with E-state index in [1.54, 1.807) is 18.2 Å². The van der Waals surface area contributed by atoms with Crippen molar-refractivity contribution in [2.75, 3.05) is 37.0 Å². The van der Waals surface area contributed by atoms with Gasteiger partial charge in [0, 0.05) is 45.0 Å². The lowest BCUT2D eigenvalue weighted by Gasteiger charge is -2.29. The zero-order chi connectivity index (χ0) is 22.1. The number of amides is 2. The molecule has 2 aliphatic heterocycles. The Labute approximate surface area is 180 Å². The largest absolute Gasteiger partial charge is 0.378 e. The molecule has 0 atom stereocenters. The highest BCUT2D eigenvalue weighted by molar-refractivity contribution is 6.45. The molecule has 0 bridgehead atoms. The van der Waals surface area contributed by atoms with Crippen molar-refractivity contribution >= 4 is 34.4 Å². The molecule has 8 nitrogen and oxygen atoms in total. The number of hydrogen-bond donors (Lipinski definition) is 0. The molecule has 31 heavy (non-hydrogen) atoms. The predicted octanol–water partition coefficient (Wildman–Crippen LogP) is 3.43. The molecule has 0 N–H and O–H groups in total. The van der Waals surface area contributed by atoms with E-state index in [0.29, 0.717) is 35.6 Å². The Bertz CT molecular complexity index is 1070. The second-order valence-electron chi connectivity index (χ2n) is 7.94. The van der Waals surface area contributed by atoms with E-state index in [-0.39, 0.29) is 11.6 Å². The molecule has 0 aliphatic carbocycles. The minimum atomic E-state index is -0.482. The van der Waals surface area contributed by atoms with Gasteiger partial charge in [-0.05, 0) is 55.2 Å². The average molecular weight is 420 g/mol. The summed E-state index contributed by atoms with van der Waals surface area (Å²) in [4.78, 5) is 42.7. The van der Waals surface area contributed by atoms with Gasteiger partial charge in [-0.25, -0.2) is 4.90 Å². The first-order valence-corrected chi connectivity index (χ1v) is 10.3. The summed E-state index contributed by atoms with van der Waals surface area (Å²) in [7, 11) is 3.79. The van der Waals surface area contributed by atoms with Crippen LogP contribution >= 0.6 is 0 Å². The highest BCUT2D eigenvalue weighted by Gasteiger charge is 2.42. The van der Waals surface area contributed by atoms with Gasteiger partial charge in [0.1, 0.15) is 5.70 Å². The van der Waals surface area contributed by atoms with Crippen LogP contribution in [0.1, 0.15) is 24.8 Å². The summed E-state index contributed by atoms with van der Waals surface area (Å²) in [5, 5.41) is 11.0. The van der Waals surface area contributed by atoms with Gasteiger partial charge in [0.15, 0.2) is 0 Å². The predicted molar refractivity (Wildman–Crippen MR) is 119 cm³/mol. The molecule has 2 aromatic rings. The number of benzene rings is 2. The number of carbonyl (C=O) groups is 2. The number of hydrogen-bond acceptors (Lipinski definition) is 6. The van der Waals surface area contributed by atoms with Crippen molar-refractivity contribution in [1.82, 2.24) is 4.90 Å². The second-order valence-corrected chi connectivity index (χ2v) is 7.94. The fraction of sp³-hybridized carbons (Fsp3) is 0.304. The summed E-state index contributed by atoms with van der Waals surface area (Å²) >= 11 is 0. The highest BCUT2D eigenvalue weighted by Crippen LogP contribution is 2.37. The number of anilines is 2. The highest BCUT2D eigenvalue weighted by atomic mass is 16.6. The van der Waals surface area contributed by atoms with Crippen LogP contribution in [0, 0.1) is 10.1 Å².